The van der Waals surface area contributed by atoms with Gasteiger partial charge >= 0.3 is 0 Å². The molecule has 1 atom stereocenters. The lowest BCUT2D eigenvalue weighted by molar-refractivity contribution is -0.123. The van der Waals surface area contributed by atoms with Crippen LogP contribution in [-0.4, -0.2) is 51.6 Å². The molecule has 1 aromatic heterocycles. The first-order valence-corrected chi connectivity index (χ1v) is 9.44. The first-order valence-electron chi connectivity index (χ1n) is 7.62. The molecule has 1 aliphatic rings. The van der Waals surface area contributed by atoms with E-state index in [2.05, 4.69) is 20.7 Å². The van der Waals surface area contributed by atoms with Gasteiger partial charge in [0.25, 0.3) is 0 Å². The lowest BCUT2D eigenvalue weighted by atomic mass is 10.0. The number of aryl methyl sites for hydroxylation is 1. The predicted octanol–water partition coefficient (Wildman–Crippen LogP) is 0.342. The number of hydrogen-bond donors (Lipinski definition) is 1. The van der Waals surface area contributed by atoms with E-state index in [4.69, 9.17) is 0 Å². The van der Waals surface area contributed by atoms with E-state index in [9.17, 15) is 13.2 Å². The van der Waals surface area contributed by atoms with Gasteiger partial charge in [-0.3, -0.25) is 4.79 Å². The number of nitrogens with one attached hydrogen (secondary N) is 1. The molecule has 0 bridgehead atoms. The molecule has 0 unspecified atom stereocenters. The zero-order valence-corrected chi connectivity index (χ0v) is 14.4. The Balaban J connectivity index is 1.67. The molecular weight excluding hydrogens is 330 g/mol. The number of nitrogens with zero attached hydrogens (tertiary/aromatic N) is 4. The predicted molar refractivity (Wildman–Crippen MR) is 87.8 cm³/mol. The molecule has 2 heterocycles. The van der Waals surface area contributed by atoms with Gasteiger partial charge in [-0.1, -0.05) is 24.3 Å². The standard InChI is InChI=1S/C15H19N5O3S/c1-11-5-3-4-6-12(11)14-17-19-20(18-14)9-13(21)16-15(2)7-8-24(22,23)10-15/h3-6H,7-10H2,1-2H3,(H,16,21)/t15-/m1/s1. The van der Waals surface area contributed by atoms with E-state index in [1.165, 1.54) is 4.80 Å². The molecule has 0 spiro atoms. The molecular formula is C15H19N5O3S. The summed E-state index contributed by atoms with van der Waals surface area (Å²) in [5.41, 5.74) is 1.15. The van der Waals surface area contributed by atoms with Crippen molar-refractivity contribution in [3.63, 3.8) is 0 Å². The third-order valence-corrected chi connectivity index (χ3v) is 5.97. The third-order valence-electron chi connectivity index (χ3n) is 4.07. The molecule has 1 aliphatic heterocycles. The maximum absolute atomic E-state index is 12.2. The van der Waals surface area contributed by atoms with Crippen LogP contribution in [0.2, 0.25) is 0 Å². The zero-order valence-electron chi connectivity index (χ0n) is 13.6. The van der Waals surface area contributed by atoms with Crippen LogP contribution in [0, 0.1) is 6.92 Å². The fourth-order valence-corrected chi connectivity index (χ4v) is 4.95. The van der Waals surface area contributed by atoms with E-state index < -0.39 is 15.4 Å². The second-order valence-corrected chi connectivity index (χ2v) is 8.59. The molecule has 0 aliphatic carbocycles. The Morgan fingerprint density at radius 3 is 2.79 bits per heavy atom. The quantitative estimate of drug-likeness (QED) is 0.853. The molecule has 1 N–H and O–H groups in total. The zero-order chi connectivity index (χ0) is 17.4. The van der Waals surface area contributed by atoms with Gasteiger partial charge in [0.2, 0.25) is 11.7 Å². The summed E-state index contributed by atoms with van der Waals surface area (Å²) in [7, 11) is -3.07. The van der Waals surface area contributed by atoms with Crippen LogP contribution in [-0.2, 0) is 21.2 Å². The van der Waals surface area contributed by atoms with Gasteiger partial charge in [-0.05, 0) is 31.0 Å². The minimum absolute atomic E-state index is 0.0367. The second-order valence-electron chi connectivity index (χ2n) is 6.41. The minimum Gasteiger partial charge on any atom is -0.348 e. The van der Waals surface area contributed by atoms with Crippen LogP contribution in [0.15, 0.2) is 24.3 Å². The average Bonchev–Trinajstić information content (AvgIpc) is 3.03. The van der Waals surface area contributed by atoms with Gasteiger partial charge in [0.15, 0.2) is 9.84 Å². The molecule has 3 rings (SSSR count). The van der Waals surface area contributed by atoms with Gasteiger partial charge in [0.1, 0.15) is 6.54 Å². The number of carbonyl (C=O) groups excluding carboxylic acids is 1. The van der Waals surface area contributed by atoms with Crippen molar-refractivity contribution in [2.75, 3.05) is 11.5 Å². The number of rotatable bonds is 4. The number of aromatic nitrogens is 4. The van der Waals surface area contributed by atoms with Crippen molar-refractivity contribution in [2.24, 2.45) is 0 Å². The Morgan fingerprint density at radius 1 is 1.38 bits per heavy atom. The van der Waals surface area contributed by atoms with Crippen molar-refractivity contribution in [3.8, 4) is 11.4 Å². The van der Waals surface area contributed by atoms with Crippen molar-refractivity contribution in [3.05, 3.63) is 29.8 Å². The van der Waals surface area contributed by atoms with E-state index in [0.717, 1.165) is 11.1 Å². The second kappa shape index (κ2) is 5.97. The van der Waals surface area contributed by atoms with E-state index in [0.29, 0.717) is 12.2 Å². The Labute approximate surface area is 140 Å². The molecule has 1 saturated heterocycles. The first-order chi connectivity index (χ1) is 11.3. The molecule has 2 aromatic rings. The lowest BCUT2D eigenvalue weighted by Crippen LogP contribution is -2.48. The normalized spacial score (nSPS) is 22.4. The highest BCUT2D eigenvalue weighted by atomic mass is 32.2. The summed E-state index contributed by atoms with van der Waals surface area (Å²) in [6.45, 7) is 3.58. The van der Waals surface area contributed by atoms with E-state index in [1.807, 2.05) is 31.2 Å². The Hall–Kier alpha value is -2.29. The minimum atomic E-state index is -3.07. The number of benzene rings is 1. The van der Waals surface area contributed by atoms with Crippen molar-refractivity contribution < 1.29 is 13.2 Å². The summed E-state index contributed by atoms with van der Waals surface area (Å²) in [6, 6.07) is 7.65. The van der Waals surface area contributed by atoms with E-state index >= 15 is 0 Å². The van der Waals surface area contributed by atoms with Crippen LogP contribution >= 0.6 is 0 Å². The lowest BCUT2D eigenvalue weighted by Gasteiger charge is -2.23. The highest BCUT2D eigenvalue weighted by molar-refractivity contribution is 7.91. The number of sulfone groups is 1. The maximum Gasteiger partial charge on any atom is 0.244 e. The van der Waals surface area contributed by atoms with Crippen LogP contribution in [0.4, 0.5) is 0 Å². The van der Waals surface area contributed by atoms with Gasteiger partial charge in [-0.15, -0.1) is 10.2 Å². The van der Waals surface area contributed by atoms with Gasteiger partial charge in [0.05, 0.1) is 17.0 Å². The number of tetrazole rings is 1. The van der Waals surface area contributed by atoms with Crippen molar-refractivity contribution in [1.82, 2.24) is 25.5 Å². The smallest absolute Gasteiger partial charge is 0.244 e. The third kappa shape index (κ3) is 3.61. The van der Waals surface area contributed by atoms with Crippen molar-refractivity contribution in [2.45, 2.75) is 32.4 Å². The molecule has 8 nitrogen and oxygen atoms in total. The summed E-state index contributed by atoms with van der Waals surface area (Å²) in [5.74, 6) is 0.187. The van der Waals surface area contributed by atoms with Crippen molar-refractivity contribution in [1.29, 1.82) is 0 Å². The average molecular weight is 349 g/mol. The van der Waals surface area contributed by atoms with Crippen LogP contribution in [0.5, 0.6) is 0 Å². The van der Waals surface area contributed by atoms with Gasteiger partial charge in [0, 0.05) is 5.56 Å². The molecule has 0 radical (unpaired) electrons. The molecule has 128 valence electrons. The highest BCUT2D eigenvalue weighted by Crippen LogP contribution is 2.22. The summed E-state index contributed by atoms with van der Waals surface area (Å²) >= 11 is 0. The van der Waals surface area contributed by atoms with Crippen molar-refractivity contribution >= 4 is 15.7 Å². The fraction of sp³-hybridized carbons (Fsp3) is 0.467. The number of carbonyl (C=O) groups is 1. The summed E-state index contributed by atoms with van der Waals surface area (Å²) in [4.78, 5) is 13.4. The van der Waals surface area contributed by atoms with Gasteiger partial charge in [-0.25, -0.2) is 8.42 Å². The SMILES string of the molecule is Cc1ccccc1-c1nnn(CC(=O)N[C@]2(C)CCS(=O)(=O)C2)n1. The van der Waals surface area contributed by atoms with Crippen LogP contribution in [0.25, 0.3) is 11.4 Å². The van der Waals surface area contributed by atoms with E-state index in [-0.39, 0.29) is 24.0 Å². The molecule has 0 saturated carbocycles. The topological polar surface area (TPSA) is 107 Å². The summed E-state index contributed by atoms with van der Waals surface area (Å²) in [6.07, 6.45) is 0.417. The van der Waals surface area contributed by atoms with Crippen LogP contribution < -0.4 is 5.32 Å². The summed E-state index contributed by atoms with van der Waals surface area (Å²) < 4.78 is 23.2. The van der Waals surface area contributed by atoms with Crippen LogP contribution in [0.3, 0.4) is 0 Å². The highest BCUT2D eigenvalue weighted by Gasteiger charge is 2.39. The largest absolute Gasteiger partial charge is 0.348 e. The fourth-order valence-electron chi connectivity index (χ4n) is 2.86. The maximum atomic E-state index is 12.2. The van der Waals surface area contributed by atoms with E-state index in [1.54, 1.807) is 6.92 Å². The van der Waals surface area contributed by atoms with Gasteiger partial charge in [-0.2, -0.15) is 4.80 Å². The van der Waals surface area contributed by atoms with Crippen LogP contribution in [0.1, 0.15) is 18.9 Å². The van der Waals surface area contributed by atoms with Gasteiger partial charge < -0.3 is 5.32 Å². The Morgan fingerprint density at radius 2 is 2.12 bits per heavy atom. The number of amides is 1. The number of hydrogen-bond acceptors (Lipinski definition) is 6. The first kappa shape index (κ1) is 16.6. The Kier molecular flexibility index (Phi) is 4.12. The summed E-state index contributed by atoms with van der Waals surface area (Å²) in [5, 5.41) is 14.9. The Bertz CT molecular complexity index is 877. The monoisotopic (exact) mass is 349 g/mol. The molecule has 1 aromatic carbocycles. The molecule has 1 fully saturated rings. The molecule has 1 amide bonds. The molecule has 9 heteroatoms. The molecule has 24 heavy (non-hydrogen) atoms.